The van der Waals surface area contributed by atoms with Gasteiger partial charge in [0.15, 0.2) is 0 Å². The van der Waals surface area contributed by atoms with Gasteiger partial charge in [-0.1, -0.05) is 65.8 Å². The van der Waals surface area contributed by atoms with E-state index in [9.17, 15) is 18.7 Å². The fraction of sp³-hybridized carbons (Fsp3) is 0.367. The van der Waals surface area contributed by atoms with Crippen LogP contribution in [0.2, 0.25) is 0 Å². The normalized spacial score (nSPS) is 21.0. The predicted molar refractivity (Wildman–Crippen MR) is 153 cm³/mol. The molecule has 222 valence electrons. The molecule has 0 spiro atoms. The SMILES string of the molecule is COc1ccc(-n2nnnc2C(F)(F)F)cc1CN1C[C@@H]2C(N=[N+]=[N-])CCN2[C@H](C(c2ccccc2)c2ccccc2)C1. The molecule has 0 amide bonds. The number of fused-ring (bicyclic) bond motifs is 1. The highest BCUT2D eigenvalue weighted by Gasteiger charge is 2.46. The van der Waals surface area contributed by atoms with Crippen LogP contribution in [0.25, 0.3) is 16.1 Å². The van der Waals surface area contributed by atoms with Crippen molar-refractivity contribution in [1.29, 1.82) is 0 Å². The molecular formula is C30H30F3N9O. The van der Waals surface area contributed by atoms with Crippen molar-refractivity contribution in [2.45, 2.75) is 43.2 Å². The maximum atomic E-state index is 13.6. The molecule has 1 unspecified atom stereocenters. The van der Waals surface area contributed by atoms with Crippen LogP contribution in [0.15, 0.2) is 84.0 Å². The Bertz CT molecular complexity index is 1550. The van der Waals surface area contributed by atoms with Crippen molar-refractivity contribution in [3.8, 4) is 11.4 Å². The summed E-state index contributed by atoms with van der Waals surface area (Å²) < 4.78 is 47.0. The van der Waals surface area contributed by atoms with E-state index in [0.717, 1.165) is 13.0 Å². The number of ether oxygens (including phenoxy) is 1. The van der Waals surface area contributed by atoms with Crippen molar-refractivity contribution in [3.63, 3.8) is 0 Å². The third-order valence-electron chi connectivity index (χ3n) is 8.40. The molecule has 2 fully saturated rings. The van der Waals surface area contributed by atoms with Crippen molar-refractivity contribution in [3.05, 3.63) is 112 Å². The number of halogens is 3. The smallest absolute Gasteiger partial charge is 0.453 e. The number of azide groups is 1. The molecule has 2 aliphatic rings. The average molecular weight is 590 g/mol. The molecule has 0 N–H and O–H groups in total. The first kappa shape index (κ1) is 28.7. The van der Waals surface area contributed by atoms with Gasteiger partial charge < -0.3 is 4.74 Å². The van der Waals surface area contributed by atoms with E-state index in [0.29, 0.717) is 35.6 Å². The minimum atomic E-state index is -4.71. The van der Waals surface area contributed by atoms with E-state index in [1.807, 2.05) is 36.4 Å². The van der Waals surface area contributed by atoms with Gasteiger partial charge in [-0.3, -0.25) is 9.80 Å². The van der Waals surface area contributed by atoms with Crippen molar-refractivity contribution >= 4 is 0 Å². The molecule has 10 nitrogen and oxygen atoms in total. The van der Waals surface area contributed by atoms with Crippen LogP contribution in [0.1, 0.15) is 34.9 Å². The fourth-order valence-corrected chi connectivity index (χ4v) is 6.59. The van der Waals surface area contributed by atoms with E-state index in [4.69, 9.17) is 4.74 Å². The van der Waals surface area contributed by atoms with Crippen LogP contribution in [-0.4, -0.2) is 74.9 Å². The number of rotatable bonds is 8. The summed E-state index contributed by atoms with van der Waals surface area (Å²) in [6, 6.07) is 25.4. The Morgan fingerprint density at radius 3 is 2.35 bits per heavy atom. The molecule has 3 heterocycles. The number of nitrogens with zero attached hydrogens (tertiary/aromatic N) is 9. The van der Waals surface area contributed by atoms with Gasteiger partial charge in [0, 0.05) is 48.1 Å². The first-order chi connectivity index (χ1) is 20.9. The van der Waals surface area contributed by atoms with Gasteiger partial charge >= 0.3 is 6.18 Å². The zero-order valence-electron chi connectivity index (χ0n) is 23.4. The van der Waals surface area contributed by atoms with Gasteiger partial charge in [0.1, 0.15) is 5.75 Å². The van der Waals surface area contributed by atoms with Crippen molar-refractivity contribution < 1.29 is 17.9 Å². The third-order valence-corrected chi connectivity index (χ3v) is 8.40. The molecule has 1 aromatic heterocycles. The van der Waals surface area contributed by atoms with E-state index < -0.39 is 12.0 Å². The Balaban J connectivity index is 1.38. The van der Waals surface area contributed by atoms with Gasteiger partial charge in [0.25, 0.3) is 5.82 Å². The molecule has 2 saturated heterocycles. The number of hydrogen-bond acceptors (Lipinski definition) is 7. The van der Waals surface area contributed by atoms with Crippen molar-refractivity contribution in [2.24, 2.45) is 5.11 Å². The van der Waals surface area contributed by atoms with E-state index >= 15 is 0 Å². The summed E-state index contributed by atoms with van der Waals surface area (Å²) in [5.41, 5.74) is 12.6. The first-order valence-corrected chi connectivity index (χ1v) is 14.0. The molecule has 43 heavy (non-hydrogen) atoms. The highest BCUT2D eigenvalue weighted by molar-refractivity contribution is 5.44. The molecule has 3 aromatic carbocycles. The number of hydrogen-bond donors (Lipinski definition) is 0. The van der Waals surface area contributed by atoms with Crippen LogP contribution in [0.5, 0.6) is 5.75 Å². The van der Waals surface area contributed by atoms with Gasteiger partial charge in [-0.15, -0.1) is 5.10 Å². The Morgan fingerprint density at radius 1 is 1.02 bits per heavy atom. The quantitative estimate of drug-likeness (QED) is 0.154. The summed E-state index contributed by atoms with van der Waals surface area (Å²) in [7, 11) is 1.53. The third kappa shape index (κ3) is 5.79. The lowest BCUT2D eigenvalue weighted by Gasteiger charge is -2.48. The van der Waals surface area contributed by atoms with Gasteiger partial charge in [0.05, 0.1) is 18.8 Å². The zero-order chi connectivity index (χ0) is 30.0. The van der Waals surface area contributed by atoms with Gasteiger partial charge in [-0.2, -0.15) is 17.9 Å². The van der Waals surface area contributed by atoms with Gasteiger partial charge in [-0.25, -0.2) is 0 Å². The highest BCUT2D eigenvalue weighted by atomic mass is 19.4. The minimum Gasteiger partial charge on any atom is -0.496 e. The lowest BCUT2D eigenvalue weighted by Crippen LogP contribution is -2.59. The predicted octanol–water partition coefficient (Wildman–Crippen LogP) is 5.46. The second-order valence-electron chi connectivity index (χ2n) is 10.8. The number of piperazine rings is 1. The molecule has 0 radical (unpaired) electrons. The summed E-state index contributed by atoms with van der Waals surface area (Å²) in [5, 5.41) is 14.2. The molecule has 3 atom stereocenters. The van der Waals surface area contributed by atoms with Crippen LogP contribution in [0.4, 0.5) is 13.2 Å². The van der Waals surface area contributed by atoms with Gasteiger partial charge in [-0.05, 0) is 58.2 Å². The summed E-state index contributed by atoms with van der Waals surface area (Å²) in [5.74, 6) is -0.611. The Morgan fingerprint density at radius 2 is 1.72 bits per heavy atom. The van der Waals surface area contributed by atoms with E-state index in [2.05, 4.69) is 59.6 Å². The van der Waals surface area contributed by atoms with Crippen LogP contribution in [0, 0.1) is 0 Å². The lowest BCUT2D eigenvalue weighted by molar-refractivity contribution is -0.146. The largest absolute Gasteiger partial charge is 0.496 e. The molecule has 4 aromatic rings. The maximum Gasteiger partial charge on any atom is 0.453 e. The first-order valence-electron chi connectivity index (χ1n) is 14.0. The molecule has 2 aliphatic heterocycles. The summed E-state index contributed by atoms with van der Waals surface area (Å²) in [6.07, 6.45) is -3.95. The second-order valence-corrected chi connectivity index (χ2v) is 10.8. The number of aromatic nitrogens is 4. The molecular weight excluding hydrogens is 559 g/mol. The maximum absolute atomic E-state index is 13.6. The Labute approximate surface area is 246 Å². The Kier molecular flexibility index (Phi) is 8.02. The number of alkyl halides is 3. The summed E-state index contributed by atoms with van der Waals surface area (Å²) >= 11 is 0. The lowest BCUT2D eigenvalue weighted by atomic mass is 9.82. The zero-order valence-corrected chi connectivity index (χ0v) is 23.4. The fourth-order valence-electron chi connectivity index (χ4n) is 6.59. The number of methoxy groups -OCH3 is 1. The summed E-state index contributed by atoms with van der Waals surface area (Å²) in [6.45, 7) is 2.52. The van der Waals surface area contributed by atoms with Crippen LogP contribution in [0.3, 0.4) is 0 Å². The molecule has 13 heteroatoms. The van der Waals surface area contributed by atoms with E-state index in [-0.39, 0.29) is 29.7 Å². The van der Waals surface area contributed by atoms with Crippen LogP contribution >= 0.6 is 0 Å². The monoisotopic (exact) mass is 589 g/mol. The van der Waals surface area contributed by atoms with Crippen molar-refractivity contribution in [2.75, 3.05) is 26.7 Å². The topological polar surface area (TPSA) is 108 Å². The Hall–Kier alpha value is -4.45. The highest BCUT2D eigenvalue weighted by Crippen LogP contribution is 2.39. The minimum absolute atomic E-state index is 0.0184. The van der Waals surface area contributed by atoms with E-state index in [1.165, 1.54) is 24.3 Å². The number of benzene rings is 3. The number of tetrazole rings is 1. The van der Waals surface area contributed by atoms with Crippen molar-refractivity contribution in [1.82, 2.24) is 30.0 Å². The average Bonchev–Trinajstić information content (AvgIpc) is 3.67. The summed E-state index contributed by atoms with van der Waals surface area (Å²) in [4.78, 5) is 7.90. The van der Waals surface area contributed by atoms with E-state index in [1.54, 1.807) is 12.1 Å². The van der Waals surface area contributed by atoms with Gasteiger partial charge in [0.2, 0.25) is 0 Å². The standard InChI is InChI=1S/C30H30F3N9O/c1-43-27-13-12-23(42-29(30(31,32)33)36-38-39-42)16-22(27)17-40-18-25-24(35-37-34)14-15-41(25)26(19-40)28(20-8-4-2-5-9-20)21-10-6-3-7-11-21/h2-13,16,24-26,28H,14-15,17-19H2,1H3/t24?,25-,26+/m1/s1. The van der Waals surface area contributed by atoms with Crippen LogP contribution in [-0.2, 0) is 12.7 Å². The molecule has 0 bridgehead atoms. The van der Waals surface area contributed by atoms with Crippen LogP contribution < -0.4 is 4.74 Å². The second kappa shape index (κ2) is 12.0. The molecule has 6 rings (SSSR count). The molecule has 0 aliphatic carbocycles. The molecule has 0 saturated carbocycles.